The summed E-state index contributed by atoms with van der Waals surface area (Å²) in [5.74, 6) is -0.476. The minimum atomic E-state index is -0.675. The highest BCUT2D eigenvalue weighted by Crippen LogP contribution is 2.19. The number of nitrogens with one attached hydrogen (secondary N) is 3. The maximum atomic E-state index is 12.7. The van der Waals surface area contributed by atoms with Gasteiger partial charge in [0.1, 0.15) is 6.04 Å². The van der Waals surface area contributed by atoms with Crippen LogP contribution in [0.25, 0.3) is 11.1 Å². The Morgan fingerprint density at radius 3 is 2.14 bits per heavy atom. The van der Waals surface area contributed by atoms with E-state index in [1.54, 1.807) is 0 Å². The number of hydrogen-bond donors (Lipinski definition) is 4. The molecule has 0 aliphatic rings. The molecule has 7 heteroatoms. The lowest BCUT2D eigenvalue weighted by Gasteiger charge is -2.19. The molecule has 3 aromatic rings. The molecule has 0 aromatic heterocycles. The second kappa shape index (κ2) is 14.7. The monoisotopic (exact) mass is 474 g/mol. The molecule has 0 aliphatic carbocycles. The van der Waals surface area contributed by atoms with Gasteiger partial charge in [0, 0.05) is 26.1 Å². The van der Waals surface area contributed by atoms with Crippen molar-refractivity contribution >= 4 is 11.8 Å². The summed E-state index contributed by atoms with van der Waals surface area (Å²) in [7, 11) is 0. The lowest BCUT2D eigenvalue weighted by Crippen LogP contribution is -2.50. The Morgan fingerprint density at radius 2 is 1.46 bits per heavy atom. The van der Waals surface area contributed by atoms with Crippen LogP contribution in [0.3, 0.4) is 0 Å². The first-order chi connectivity index (χ1) is 17.2. The third-order valence-corrected chi connectivity index (χ3v) is 5.42. The van der Waals surface area contributed by atoms with Crippen LogP contribution in [-0.4, -0.2) is 50.7 Å². The van der Waals surface area contributed by atoms with E-state index in [2.05, 4.69) is 40.2 Å². The predicted molar refractivity (Wildman–Crippen MR) is 139 cm³/mol. The largest absolute Gasteiger partial charge is 0.378 e. The quantitative estimate of drug-likeness (QED) is 0.268. The van der Waals surface area contributed by atoms with E-state index in [0.29, 0.717) is 39.3 Å². The van der Waals surface area contributed by atoms with Gasteiger partial charge in [0.15, 0.2) is 0 Å². The maximum absolute atomic E-state index is 12.7. The Balaban J connectivity index is 1.48. The number of carbonyl (C=O) groups excluding carboxylic acids is 2. The van der Waals surface area contributed by atoms with Crippen LogP contribution in [-0.2, 0) is 27.3 Å². The minimum absolute atomic E-state index is 0.110. The molecule has 0 radical (unpaired) electrons. The highest BCUT2D eigenvalue weighted by Gasteiger charge is 2.20. The number of hydrogen-bond acceptors (Lipinski definition) is 5. The van der Waals surface area contributed by atoms with E-state index in [1.165, 1.54) is 5.56 Å². The van der Waals surface area contributed by atoms with Gasteiger partial charge in [-0.3, -0.25) is 9.59 Å². The van der Waals surface area contributed by atoms with Crippen molar-refractivity contribution in [2.45, 2.75) is 19.0 Å². The van der Waals surface area contributed by atoms with Crippen LogP contribution in [0.2, 0.25) is 0 Å². The minimum Gasteiger partial charge on any atom is -0.378 e. The fourth-order valence-electron chi connectivity index (χ4n) is 3.63. The Hall–Kier alpha value is -3.52. The number of benzene rings is 3. The molecule has 3 aromatic carbocycles. The molecule has 0 aliphatic heterocycles. The molecule has 0 bridgehead atoms. The topological polar surface area (TPSA) is 105 Å². The second-order valence-electron chi connectivity index (χ2n) is 8.17. The zero-order valence-corrected chi connectivity index (χ0v) is 19.9. The van der Waals surface area contributed by atoms with Gasteiger partial charge in [-0.15, -0.1) is 0 Å². The van der Waals surface area contributed by atoms with Gasteiger partial charge >= 0.3 is 0 Å². The van der Waals surface area contributed by atoms with Crippen molar-refractivity contribution < 1.29 is 14.3 Å². The highest BCUT2D eigenvalue weighted by atomic mass is 16.5. The normalized spacial score (nSPS) is 11.6. The Labute approximate surface area is 207 Å². The Kier molecular flexibility index (Phi) is 10.9. The first kappa shape index (κ1) is 26.1. The van der Waals surface area contributed by atoms with Crippen LogP contribution in [0.1, 0.15) is 11.1 Å². The van der Waals surface area contributed by atoms with Crippen molar-refractivity contribution in [3.05, 3.63) is 96.1 Å². The molecule has 3 rings (SSSR count). The summed E-state index contributed by atoms with van der Waals surface area (Å²) >= 11 is 0. The Bertz CT molecular complexity index is 1030. The second-order valence-corrected chi connectivity index (χ2v) is 8.17. The van der Waals surface area contributed by atoms with E-state index in [4.69, 9.17) is 10.5 Å². The van der Waals surface area contributed by atoms with E-state index in [-0.39, 0.29) is 18.4 Å². The molecule has 35 heavy (non-hydrogen) atoms. The zero-order valence-electron chi connectivity index (χ0n) is 19.9. The van der Waals surface area contributed by atoms with E-state index in [0.717, 1.165) is 16.7 Å². The highest BCUT2D eigenvalue weighted by molar-refractivity contribution is 5.88. The van der Waals surface area contributed by atoms with Gasteiger partial charge in [-0.25, -0.2) is 0 Å². The molecule has 0 saturated carbocycles. The van der Waals surface area contributed by atoms with Gasteiger partial charge < -0.3 is 26.4 Å². The van der Waals surface area contributed by atoms with Crippen LogP contribution in [0.4, 0.5) is 0 Å². The van der Waals surface area contributed by atoms with Gasteiger partial charge in [0.2, 0.25) is 11.8 Å². The number of ether oxygens (including phenoxy) is 1. The van der Waals surface area contributed by atoms with Crippen LogP contribution in [0.5, 0.6) is 0 Å². The number of nitrogens with two attached hydrogens (primary N) is 1. The van der Waals surface area contributed by atoms with Crippen LogP contribution >= 0.6 is 0 Å². The average molecular weight is 475 g/mol. The molecular weight excluding hydrogens is 440 g/mol. The molecule has 7 nitrogen and oxygen atoms in total. The predicted octanol–water partition coefficient (Wildman–Crippen LogP) is 2.26. The van der Waals surface area contributed by atoms with Crippen LogP contribution in [0.15, 0.2) is 84.9 Å². The average Bonchev–Trinajstić information content (AvgIpc) is 2.89. The molecule has 1 atom stereocenters. The van der Waals surface area contributed by atoms with Crippen LogP contribution < -0.4 is 21.7 Å². The summed E-state index contributed by atoms with van der Waals surface area (Å²) in [5, 5.41) is 8.85. The van der Waals surface area contributed by atoms with Crippen molar-refractivity contribution in [2.75, 3.05) is 32.8 Å². The fourth-order valence-corrected chi connectivity index (χ4v) is 3.63. The van der Waals surface area contributed by atoms with Gasteiger partial charge in [-0.05, 0) is 22.3 Å². The molecule has 0 heterocycles. The molecular formula is C28H34N4O3. The van der Waals surface area contributed by atoms with E-state index in [9.17, 15) is 9.59 Å². The van der Waals surface area contributed by atoms with E-state index >= 15 is 0 Å². The van der Waals surface area contributed by atoms with Gasteiger partial charge in [-0.1, -0.05) is 84.9 Å². The van der Waals surface area contributed by atoms with Crippen molar-refractivity contribution in [2.24, 2.45) is 5.73 Å². The lowest BCUT2D eigenvalue weighted by atomic mass is 10.0. The summed E-state index contributed by atoms with van der Waals surface area (Å²) in [6.07, 6.45) is 0.406. The summed E-state index contributed by atoms with van der Waals surface area (Å²) < 4.78 is 5.30. The van der Waals surface area contributed by atoms with Crippen molar-refractivity contribution in [1.82, 2.24) is 16.0 Å². The molecule has 0 fully saturated rings. The molecule has 2 amide bonds. The lowest BCUT2D eigenvalue weighted by molar-refractivity contribution is -0.128. The van der Waals surface area contributed by atoms with Gasteiger partial charge in [0.25, 0.3) is 0 Å². The summed E-state index contributed by atoms with van der Waals surface area (Å²) in [6, 6.07) is 27.4. The third kappa shape index (κ3) is 9.33. The standard InChI is InChI=1S/C28H34N4O3/c29-15-17-35-18-16-31-28(34)26(19-22-7-3-1-4-8-22)32-27(33)21-30-20-23-11-13-25(14-12-23)24-9-5-2-6-10-24/h1-14,26,30H,15-21,29H2,(H,31,34)(H,32,33)/t26-/m0/s1. The van der Waals surface area contributed by atoms with Gasteiger partial charge in [-0.2, -0.15) is 0 Å². The first-order valence-electron chi connectivity index (χ1n) is 11.9. The SMILES string of the molecule is NCCOCCNC(=O)[C@H](Cc1ccccc1)NC(=O)CNCc1ccc(-c2ccccc2)cc1. The van der Waals surface area contributed by atoms with Crippen molar-refractivity contribution in [1.29, 1.82) is 0 Å². The number of carbonyl (C=O) groups is 2. The first-order valence-corrected chi connectivity index (χ1v) is 11.9. The summed E-state index contributed by atoms with van der Waals surface area (Å²) in [5.41, 5.74) is 9.77. The van der Waals surface area contributed by atoms with Crippen LogP contribution in [0, 0.1) is 0 Å². The smallest absolute Gasteiger partial charge is 0.243 e. The number of amides is 2. The zero-order chi connectivity index (χ0) is 24.7. The molecule has 0 spiro atoms. The van der Waals surface area contributed by atoms with Crippen molar-refractivity contribution in [3.63, 3.8) is 0 Å². The molecule has 184 valence electrons. The van der Waals surface area contributed by atoms with E-state index in [1.807, 2.05) is 60.7 Å². The molecule has 0 unspecified atom stereocenters. The van der Waals surface area contributed by atoms with Gasteiger partial charge in [0.05, 0.1) is 19.8 Å². The third-order valence-electron chi connectivity index (χ3n) is 5.42. The number of rotatable bonds is 14. The Morgan fingerprint density at radius 1 is 0.800 bits per heavy atom. The fraction of sp³-hybridized carbons (Fsp3) is 0.286. The maximum Gasteiger partial charge on any atom is 0.243 e. The summed E-state index contributed by atoms with van der Waals surface area (Å²) in [6.45, 7) is 2.28. The molecule has 5 N–H and O–H groups in total. The summed E-state index contributed by atoms with van der Waals surface area (Å²) in [4.78, 5) is 25.3. The van der Waals surface area contributed by atoms with E-state index < -0.39 is 6.04 Å². The van der Waals surface area contributed by atoms with Crippen molar-refractivity contribution in [3.8, 4) is 11.1 Å². The molecule has 0 saturated heterocycles.